The van der Waals surface area contributed by atoms with Gasteiger partial charge in [-0.3, -0.25) is 5.01 Å². The fraction of sp³-hybridized carbons (Fsp3) is 0.400. The zero-order chi connectivity index (χ0) is 21.1. The number of benzene rings is 2. The van der Waals surface area contributed by atoms with Crippen LogP contribution in [-0.4, -0.2) is 21.5 Å². The number of hydrogen-bond donors (Lipinski definition) is 0. The Morgan fingerprint density at radius 3 is 2.03 bits per heavy atom. The van der Waals surface area contributed by atoms with Crippen molar-refractivity contribution in [3.63, 3.8) is 0 Å². The van der Waals surface area contributed by atoms with Crippen molar-refractivity contribution < 1.29 is 0 Å². The second-order valence-corrected chi connectivity index (χ2v) is 11.8. The van der Waals surface area contributed by atoms with Crippen LogP contribution < -0.4 is 5.01 Å². The predicted molar refractivity (Wildman–Crippen MR) is 128 cm³/mol. The molecule has 8 atom stereocenters. The van der Waals surface area contributed by atoms with Crippen LogP contribution in [0.4, 0.5) is 5.69 Å². The van der Waals surface area contributed by atoms with Gasteiger partial charge in [0.05, 0.1) is 37.3 Å². The van der Waals surface area contributed by atoms with Gasteiger partial charge in [0.2, 0.25) is 0 Å². The molecule has 6 heteroatoms. The average Bonchev–Trinajstić information content (AvgIpc) is 3.54. The molecule has 0 saturated heterocycles. The van der Waals surface area contributed by atoms with E-state index in [4.69, 9.17) is 51.5 Å². The predicted octanol–water partition coefficient (Wildman–Crippen LogP) is 6.84. The van der Waals surface area contributed by atoms with Gasteiger partial charge >= 0.3 is 0 Å². The van der Waals surface area contributed by atoms with E-state index in [0.717, 1.165) is 12.1 Å². The molecule has 2 aromatic carbocycles. The Kier molecular flexibility index (Phi) is 3.88. The van der Waals surface area contributed by atoms with E-state index in [1.165, 1.54) is 11.3 Å². The van der Waals surface area contributed by atoms with Crippen molar-refractivity contribution in [2.75, 3.05) is 5.01 Å². The summed E-state index contributed by atoms with van der Waals surface area (Å²) >= 11 is 27.9. The maximum Gasteiger partial charge on any atom is 0.0868 e. The standard InChI is InChI=1S/C25H20Cl4N2/c26-22-23(27)25(29)12-24(22,28)18-15-11-16(19(18)25)21-17(15)20(13-7-3-1-4-8-13)30-31(21)14-9-5-2-6-10-14/h1-10,15-19,21H,11-12H2/t15-,16-,17-,18?,19?,21-,24+,25-/m0/s1. The normalized spacial score (nSPS) is 44.1. The van der Waals surface area contributed by atoms with Gasteiger partial charge in [-0.05, 0) is 54.2 Å². The van der Waals surface area contributed by atoms with Gasteiger partial charge in [0.15, 0.2) is 0 Å². The molecule has 1 heterocycles. The van der Waals surface area contributed by atoms with Gasteiger partial charge in [0.25, 0.3) is 0 Å². The lowest BCUT2D eigenvalue weighted by atomic mass is 9.65. The second-order valence-electron chi connectivity index (χ2n) is 9.69. The number of hydrazone groups is 1. The first-order valence-electron chi connectivity index (χ1n) is 10.9. The minimum Gasteiger partial charge on any atom is -0.261 e. The minimum absolute atomic E-state index is 0.226. The summed E-state index contributed by atoms with van der Waals surface area (Å²) in [5.41, 5.74) is 3.48. The van der Waals surface area contributed by atoms with Gasteiger partial charge in [-0.25, -0.2) is 0 Å². The van der Waals surface area contributed by atoms with Crippen LogP contribution in [0.25, 0.3) is 0 Å². The molecule has 7 rings (SSSR count). The lowest BCUT2D eigenvalue weighted by Gasteiger charge is -2.46. The first-order chi connectivity index (χ1) is 14.9. The van der Waals surface area contributed by atoms with Gasteiger partial charge < -0.3 is 0 Å². The van der Waals surface area contributed by atoms with Crippen molar-refractivity contribution >= 4 is 57.8 Å². The van der Waals surface area contributed by atoms with Crippen molar-refractivity contribution in [3.8, 4) is 0 Å². The largest absolute Gasteiger partial charge is 0.261 e. The molecule has 0 N–H and O–H groups in total. The van der Waals surface area contributed by atoms with E-state index in [1.807, 2.05) is 6.07 Å². The highest BCUT2D eigenvalue weighted by Crippen LogP contribution is 2.78. The number of fused-ring (bicyclic) bond motifs is 12. The van der Waals surface area contributed by atoms with E-state index in [0.29, 0.717) is 34.2 Å². The summed E-state index contributed by atoms with van der Waals surface area (Å²) in [5.74, 6) is 1.54. The molecule has 0 spiro atoms. The third kappa shape index (κ3) is 2.21. The van der Waals surface area contributed by atoms with Gasteiger partial charge in [-0.1, -0.05) is 71.7 Å². The smallest absolute Gasteiger partial charge is 0.0868 e. The molecule has 4 aliphatic carbocycles. The number of rotatable bonds is 2. The molecule has 0 amide bonds. The van der Waals surface area contributed by atoms with Crippen LogP contribution in [0.2, 0.25) is 0 Å². The van der Waals surface area contributed by atoms with Crippen molar-refractivity contribution in [3.05, 3.63) is 76.3 Å². The molecule has 2 nitrogen and oxygen atoms in total. The fourth-order valence-electron chi connectivity index (χ4n) is 7.67. The Hall–Kier alpha value is -1.19. The number of para-hydroxylation sites is 1. The monoisotopic (exact) mass is 488 g/mol. The molecular weight excluding hydrogens is 470 g/mol. The number of allylic oxidation sites excluding steroid dienone is 2. The molecule has 0 radical (unpaired) electrons. The number of anilines is 1. The molecule has 4 bridgehead atoms. The van der Waals surface area contributed by atoms with E-state index in [9.17, 15) is 0 Å². The first-order valence-corrected chi connectivity index (χ1v) is 12.4. The van der Waals surface area contributed by atoms with Crippen LogP contribution in [0, 0.1) is 29.6 Å². The maximum absolute atomic E-state index is 7.25. The van der Waals surface area contributed by atoms with E-state index in [2.05, 4.69) is 59.6 Å². The van der Waals surface area contributed by atoms with Gasteiger partial charge in [0, 0.05) is 5.92 Å². The zero-order valence-electron chi connectivity index (χ0n) is 16.6. The summed E-state index contributed by atoms with van der Waals surface area (Å²) in [6.45, 7) is 0. The summed E-state index contributed by atoms with van der Waals surface area (Å²) in [6, 6.07) is 21.3. The number of halogens is 4. The van der Waals surface area contributed by atoms with Crippen LogP contribution >= 0.6 is 46.4 Å². The van der Waals surface area contributed by atoms with E-state index in [1.54, 1.807) is 0 Å². The SMILES string of the molecule is ClC1=C(Cl)[C@@]2(Cl)C[C@]1(Cl)C1C2[C@H]2C[C@@H]1[C@H]1[C@@H]2C(c2ccccc2)=NN1c1ccccc1. The quantitative estimate of drug-likeness (QED) is 0.333. The molecule has 3 saturated carbocycles. The summed E-state index contributed by atoms with van der Waals surface area (Å²) < 4.78 is 0. The molecule has 31 heavy (non-hydrogen) atoms. The molecule has 2 unspecified atom stereocenters. The number of hydrogen-bond acceptors (Lipinski definition) is 2. The van der Waals surface area contributed by atoms with Crippen LogP contribution in [0.1, 0.15) is 18.4 Å². The highest BCUT2D eigenvalue weighted by Gasteiger charge is 2.79. The van der Waals surface area contributed by atoms with Crippen molar-refractivity contribution in [1.29, 1.82) is 0 Å². The Balaban J connectivity index is 1.39. The van der Waals surface area contributed by atoms with E-state index in [-0.39, 0.29) is 17.9 Å². The van der Waals surface area contributed by atoms with Crippen LogP contribution in [-0.2, 0) is 0 Å². The third-order valence-electron chi connectivity index (χ3n) is 8.52. The van der Waals surface area contributed by atoms with Gasteiger partial charge in [-0.2, -0.15) is 5.10 Å². The Morgan fingerprint density at radius 2 is 1.39 bits per heavy atom. The maximum atomic E-state index is 7.25. The highest BCUT2D eigenvalue weighted by molar-refractivity contribution is 6.51. The molecule has 2 aromatic rings. The summed E-state index contributed by atoms with van der Waals surface area (Å²) in [5, 5.41) is 8.62. The van der Waals surface area contributed by atoms with Crippen molar-refractivity contribution in [1.82, 2.24) is 0 Å². The van der Waals surface area contributed by atoms with Crippen LogP contribution in [0.3, 0.4) is 0 Å². The molecule has 3 fully saturated rings. The Labute approximate surface area is 201 Å². The minimum atomic E-state index is -0.646. The summed E-state index contributed by atoms with van der Waals surface area (Å²) in [7, 11) is 0. The molecule has 5 aliphatic rings. The Morgan fingerprint density at radius 1 is 0.806 bits per heavy atom. The molecule has 158 valence electrons. The topological polar surface area (TPSA) is 15.6 Å². The first kappa shape index (κ1) is 19.3. The molecular formula is C25H20Cl4N2. The van der Waals surface area contributed by atoms with E-state index >= 15 is 0 Å². The third-order valence-corrected chi connectivity index (χ3v) is 11.0. The van der Waals surface area contributed by atoms with E-state index < -0.39 is 9.75 Å². The van der Waals surface area contributed by atoms with Gasteiger partial charge in [-0.15, -0.1) is 23.2 Å². The highest BCUT2D eigenvalue weighted by atomic mass is 35.5. The van der Waals surface area contributed by atoms with Crippen molar-refractivity contribution in [2.45, 2.75) is 28.6 Å². The second kappa shape index (κ2) is 6.23. The van der Waals surface area contributed by atoms with Gasteiger partial charge in [0.1, 0.15) is 0 Å². The summed E-state index contributed by atoms with van der Waals surface area (Å²) in [6.07, 6.45) is 1.73. The fourth-order valence-corrected chi connectivity index (χ4v) is 9.76. The average molecular weight is 490 g/mol. The molecule has 1 aliphatic heterocycles. The lowest BCUT2D eigenvalue weighted by Crippen LogP contribution is -2.51. The Bertz CT molecular complexity index is 1150. The van der Waals surface area contributed by atoms with Crippen LogP contribution in [0.15, 0.2) is 75.8 Å². The zero-order valence-corrected chi connectivity index (χ0v) is 19.6. The number of nitrogens with zero attached hydrogens (tertiary/aromatic N) is 2. The lowest BCUT2D eigenvalue weighted by molar-refractivity contribution is 0.173. The number of alkyl halides is 2. The van der Waals surface area contributed by atoms with Crippen LogP contribution in [0.5, 0.6) is 0 Å². The van der Waals surface area contributed by atoms with Crippen molar-refractivity contribution in [2.24, 2.45) is 34.7 Å². The molecule has 0 aromatic heterocycles. The summed E-state index contributed by atoms with van der Waals surface area (Å²) in [4.78, 5) is -1.29.